The molecule has 0 N–H and O–H groups in total. The predicted octanol–water partition coefficient (Wildman–Crippen LogP) is 3.21. The third-order valence-electron chi connectivity index (χ3n) is 3.28. The van der Waals surface area contributed by atoms with E-state index < -0.39 is 0 Å². The SMILES string of the molecule is COc1cc2c(cc1Br)C(C1CC1)=NCC2. The molecule has 16 heavy (non-hydrogen) atoms. The molecule has 1 fully saturated rings. The molecule has 2 nitrogen and oxygen atoms in total. The summed E-state index contributed by atoms with van der Waals surface area (Å²) in [7, 11) is 1.71. The van der Waals surface area contributed by atoms with Crippen molar-refractivity contribution in [3.63, 3.8) is 0 Å². The number of methoxy groups -OCH3 is 1. The number of rotatable bonds is 2. The van der Waals surface area contributed by atoms with Crippen LogP contribution in [0.1, 0.15) is 24.0 Å². The molecule has 3 heteroatoms. The summed E-state index contributed by atoms with van der Waals surface area (Å²) in [6.45, 7) is 0.934. The standard InChI is InChI=1S/C13H14BrNO/c1-16-12-6-9-4-5-15-13(8-2-3-8)10(9)7-11(12)14/h6-8H,2-5H2,1H3. The molecule has 1 aromatic carbocycles. The number of benzene rings is 1. The monoisotopic (exact) mass is 279 g/mol. The average molecular weight is 280 g/mol. The highest BCUT2D eigenvalue weighted by molar-refractivity contribution is 9.10. The minimum absolute atomic E-state index is 0.722. The number of aliphatic imine (C=N–C) groups is 1. The molecular weight excluding hydrogens is 266 g/mol. The molecule has 1 aliphatic carbocycles. The third kappa shape index (κ3) is 1.67. The summed E-state index contributed by atoms with van der Waals surface area (Å²) >= 11 is 3.55. The Morgan fingerprint density at radius 1 is 1.38 bits per heavy atom. The van der Waals surface area contributed by atoms with Crippen LogP contribution in [0.2, 0.25) is 0 Å². The topological polar surface area (TPSA) is 21.6 Å². The van der Waals surface area contributed by atoms with Crippen molar-refractivity contribution in [2.24, 2.45) is 10.9 Å². The summed E-state index contributed by atoms with van der Waals surface area (Å²) in [6, 6.07) is 4.32. The lowest BCUT2D eigenvalue weighted by Crippen LogP contribution is -2.15. The van der Waals surface area contributed by atoms with E-state index in [-0.39, 0.29) is 0 Å². The van der Waals surface area contributed by atoms with Crippen LogP contribution in [-0.4, -0.2) is 19.4 Å². The van der Waals surface area contributed by atoms with Crippen LogP contribution in [0.5, 0.6) is 5.75 Å². The summed E-state index contributed by atoms with van der Waals surface area (Å²) < 4.78 is 6.37. The minimum atomic E-state index is 0.722. The quantitative estimate of drug-likeness (QED) is 0.815. The van der Waals surface area contributed by atoms with E-state index in [1.807, 2.05) is 0 Å². The number of halogens is 1. The molecule has 0 aromatic heterocycles. The van der Waals surface area contributed by atoms with Crippen LogP contribution < -0.4 is 4.74 Å². The van der Waals surface area contributed by atoms with E-state index in [1.165, 1.54) is 29.7 Å². The zero-order valence-corrected chi connectivity index (χ0v) is 10.9. The lowest BCUT2D eigenvalue weighted by molar-refractivity contribution is 0.411. The summed E-state index contributed by atoms with van der Waals surface area (Å²) in [6.07, 6.45) is 3.65. The largest absolute Gasteiger partial charge is 0.496 e. The summed E-state index contributed by atoms with van der Waals surface area (Å²) in [5.41, 5.74) is 4.04. The van der Waals surface area contributed by atoms with Crippen molar-refractivity contribution in [2.75, 3.05) is 13.7 Å². The highest BCUT2D eigenvalue weighted by atomic mass is 79.9. The molecular formula is C13H14BrNO. The normalized spacial score (nSPS) is 19.0. The predicted molar refractivity (Wildman–Crippen MR) is 68.5 cm³/mol. The second kappa shape index (κ2) is 3.88. The molecule has 1 heterocycles. The smallest absolute Gasteiger partial charge is 0.133 e. The van der Waals surface area contributed by atoms with E-state index in [0.29, 0.717) is 0 Å². The van der Waals surface area contributed by atoms with Crippen molar-refractivity contribution in [1.29, 1.82) is 0 Å². The van der Waals surface area contributed by atoms with Gasteiger partial charge in [-0.3, -0.25) is 4.99 Å². The lowest BCUT2D eigenvalue weighted by Gasteiger charge is -2.18. The number of nitrogens with zero attached hydrogens (tertiary/aromatic N) is 1. The Morgan fingerprint density at radius 3 is 2.88 bits per heavy atom. The number of hydrogen-bond acceptors (Lipinski definition) is 2. The molecule has 0 amide bonds. The van der Waals surface area contributed by atoms with Gasteiger partial charge in [0.05, 0.1) is 11.6 Å². The molecule has 0 bridgehead atoms. The van der Waals surface area contributed by atoms with Crippen molar-refractivity contribution in [3.05, 3.63) is 27.7 Å². The van der Waals surface area contributed by atoms with Gasteiger partial charge in [-0.2, -0.15) is 0 Å². The minimum Gasteiger partial charge on any atom is -0.496 e. The van der Waals surface area contributed by atoms with Crippen molar-refractivity contribution in [2.45, 2.75) is 19.3 Å². The van der Waals surface area contributed by atoms with Gasteiger partial charge in [-0.15, -0.1) is 0 Å². The fourth-order valence-electron chi connectivity index (χ4n) is 2.28. The third-order valence-corrected chi connectivity index (χ3v) is 3.90. The van der Waals surface area contributed by atoms with Crippen molar-refractivity contribution in [1.82, 2.24) is 0 Å². The van der Waals surface area contributed by atoms with Gasteiger partial charge in [0.1, 0.15) is 5.75 Å². The Balaban J connectivity index is 2.08. The van der Waals surface area contributed by atoms with Gasteiger partial charge < -0.3 is 4.74 Å². The van der Waals surface area contributed by atoms with Crippen LogP contribution in [0.25, 0.3) is 0 Å². The zero-order valence-electron chi connectivity index (χ0n) is 9.29. The number of ether oxygens (including phenoxy) is 1. The van der Waals surface area contributed by atoms with Gasteiger partial charge in [-0.1, -0.05) is 0 Å². The van der Waals surface area contributed by atoms with E-state index in [0.717, 1.165) is 29.1 Å². The highest BCUT2D eigenvalue weighted by Gasteiger charge is 2.31. The molecule has 0 atom stereocenters. The number of fused-ring (bicyclic) bond motifs is 1. The van der Waals surface area contributed by atoms with Crippen molar-refractivity contribution < 1.29 is 4.74 Å². The number of hydrogen-bond donors (Lipinski definition) is 0. The summed E-state index contributed by atoms with van der Waals surface area (Å²) in [5.74, 6) is 1.65. The first-order chi connectivity index (χ1) is 7.79. The first-order valence-electron chi connectivity index (χ1n) is 5.70. The van der Waals surface area contributed by atoms with Gasteiger partial charge in [0, 0.05) is 23.7 Å². The maximum Gasteiger partial charge on any atom is 0.133 e. The van der Waals surface area contributed by atoms with E-state index >= 15 is 0 Å². The summed E-state index contributed by atoms with van der Waals surface area (Å²) in [5, 5.41) is 0. The molecule has 0 spiro atoms. The van der Waals surface area contributed by atoms with Crippen molar-refractivity contribution in [3.8, 4) is 5.75 Å². The molecule has 1 aliphatic heterocycles. The van der Waals surface area contributed by atoms with Gasteiger partial charge in [0.15, 0.2) is 0 Å². The van der Waals surface area contributed by atoms with Crippen LogP contribution in [0, 0.1) is 5.92 Å². The van der Waals surface area contributed by atoms with Gasteiger partial charge in [0.2, 0.25) is 0 Å². The summed E-state index contributed by atoms with van der Waals surface area (Å²) in [4.78, 5) is 4.68. The molecule has 1 aromatic rings. The Hall–Kier alpha value is -0.830. The lowest BCUT2D eigenvalue weighted by atomic mass is 9.95. The maximum atomic E-state index is 5.34. The Labute approximate surface area is 104 Å². The first-order valence-corrected chi connectivity index (χ1v) is 6.50. The Morgan fingerprint density at radius 2 is 2.19 bits per heavy atom. The molecule has 84 valence electrons. The average Bonchev–Trinajstić information content (AvgIpc) is 3.11. The fraction of sp³-hybridized carbons (Fsp3) is 0.462. The molecule has 3 rings (SSSR count). The molecule has 2 aliphatic rings. The first kappa shape index (κ1) is 10.3. The van der Waals surface area contributed by atoms with E-state index in [9.17, 15) is 0 Å². The van der Waals surface area contributed by atoms with Crippen molar-refractivity contribution >= 4 is 21.6 Å². The Bertz CT molecular complexity index is 463. The maximum absolute atomic E-state index is 5.34. The van der Waals surface area contributed by atoms with Gasteiger partial charge in [0.25, 0.3) is 0 Å². The van der Waals surface area contributed by atoms with Crippen LogP contribution in [-0.2, 0) is 6.42 Å². The molecule has 0 saturated heterocycles. The highest BCUT2D eigenvalue weighted by Crippen LogP contribution is 2.38. The fourth-order valence-corrected chi connectivity index (χ4v) is 2.79. The van der Waals surface area contributed by atoms with Gasteiger partial charge in [-0.25, -0.2) is 0 Å². The van der Waals surface area contributed by atoms with Gasteiger partial charge >= 0.3 is 0 Å². The molecule has 1 saturated carbocycles. The van der Waals surface area contributed by atoms with E-state index in [4.69, 9.17) is 4.74 Å². The van der Waals surface area contributed by atoms with Crippen LogP contribution >= 0.6 is 15.9 Å². The van der Waals surface area contributed by atoms with Gasteiger partial charge in [-0.05, 0) is 52.9 Å². The second-order valence-electron chi connectivity index (χ2n) is 4.44. The Kier molecular flexibility index (Phi) is 2.51. The van der Waals surface area contributed by atoms with E-state index in [1.54, 1.807) is 7.11 Å². The van der Waals surface area contributed by atoms with Crippen LogP contribution in [0.15, 0.2) is 21.6 Å². The van der Waals surface area contributed by atoms with Crippen LogP contribution in [0.4, 0.5) is 0 Å². The second-order valence-corrected chi connectivity index (χ2v) is 5.29. The molecule has 0 radical (unpaired) electrons. The molecule has 0 unspecified atom stereocenters. The van der Waals surface area contributed by atoms with Crippen LogP contribution in [0.3, 0.4) is 0 Å². The zero-order chi connectivity index (χ0) is 11.1. The van der Waals surface area contributed by atoms with E-state index in [2.05, 4.69) is 33.1 Å².